The fraction of sp³-hybridized carbons (Fsp3) is 0.235. The van der Waals surface area contributed by atoms with Gasteiger partial charge in [0.25, 0.3) is 0 Å². The van der Waals surface area contributed by atoms with Gasteiger partial charge in [0.15, 0.2) is 11.5 Å². The van der Waals surface area contributed by atoms with Crippen LogP contribution in [0.25, 0.3) is 0 Å². The highest BCUT2D eigenvalue weighted by molar-refractivity contribution is 7.89. The van der Waals surface area contributed by atoms with Gasteiger partial charge >= 0.3 is 0 Å². The summed E-state index contributed by atoms with van der Waals surface area (Å²) in [5.41, 5.74) is 1.18. The van der Waals surface area contributed by atoms with E-state index in [1.807, 2.05) is 6.07 Å². The van der Waals surface area contributed by atoms with E-state index in [0.29, 0.717) is 22.6 Å². The smallest absolute Gasteiger partial charge is 0.242 e. The van der Waals surface area contributed by atoms with Crippen molar-refractivity contribution in [2.24, 2.45) is 0 Å². The van der Waals surface area contributed by atoms with Gasteiger partial charge in [0.2, 0.25) is 10.0 Å². The largest absolute Gasteiger partial charge is 0.493 e. The van der Waals surface area contributed by atoms with Crippen molar-refractivity contribution in [3.63, 3.8) is 0 Å². The molecule has 0 N–H and O–H groups in total. The van der Waals surface area contributed by atoms with Crippen molar-refractivity contribution < 1.29 is 17.9 Å². The molecule has 0 aliphatic carbocycles. The molecule has 0 saturated heterocycles. The average molecular weight is 346 g/mol. The molecule has 0 fully saturated rings. The highest BCUT2D eigenvalue weighted by atomic mass is 32.2. The highest BCUT2D eigenvalue weighted by Crippen LogP contribution is 2.28. The number of hydrogen-bond donors (Lipinski definition) is 0. The summed E-state index contributed by atoms with van der Waals surface area (Å²) >= 11 is 0. The summed E-state index contributed by atoms with van der Waals surface area (Å²) in [5, 5.41) is 8.90. The lowest BCUT2D eigenvalue weighted by Gasteiger charge is -2.13. The van der Waals surface area contributed by atoms with Gasteiger partial charge in [-0.2, -0.15) is 5.26 Å². The van der Waals surface area contributed by atoms with Crippen molar-refractivity contribution in [3.05, 3.63) is 53.6 Å². The normalized spacial score (nSPS) is 11.1. The average Bonchev–Trinajstić information content (AvgIpc) is 2.59. The van der Waals surface area contributed by atoms with E-state index < -0.39 is 10.0 Å². The summed E-state index contributed by atoms with van der Waals surface area (Å²) in [6.07, 6.45) is 0. The van der Waals surface area contributed by atoms with Crippen LogP contribution in [0.2, 0.25) is 0 Å². The summed E-state index contributed by atoms with van der Waals surface area (Å²) in [4.78, 5) is 0.209. The SMILES string of the molecule is COc1cc(C#N)ccc1OCc1cccc(S(=O)(=O)N(C)C)c1. The minimum Gasteiger partial charge on any atom is -0.493 e. The second-order valence-corrected chi connectivity index (χ2v) is 7.35. The molecule has 24 heavy (non-hydrogen) atoms. The Morgan fingerprint density at radius 3 is 2.50 bits per heavy atom. The summed E-state index contributed by atoms with van der Waals surface area (Å²) in [7, 11) is 0.979. The molecule has 0 atom stereocenters. The van der Waals surface area contributed by atoms with E-state index >= 15 is 0 Å². The molecule has 126 valence electrons. The number of benzene rings is 2. The molecule has 2 aromatic rings. The molecule has 0 aliphatic rings. The second kappa shape index (κ2) is 7.34. The Balaban J connectivity index is 2.21. The van der Waals surface area contributed by atoms with Crippen LogP contribution in [-0.4, -0.2) is 33.9 Å². The first-order chi connectivity index (χ1) is 11.4. The summed E-state index contributed by atoms with van der Waals surface area (Å²) in [6.45, 7) is 0.180. The van der Waals surface area contributed by atoms with Crippen LogP contribution in [0.5, 0.6) is 11.5 Å². The Morgan fingerprint density at radius 2 is 1.88 bits per heavy atom. The molecule has 7 heteroatoms. The monoisotopic (exact) mass is 346 g/mol. The quantitative estimate of drug-likeness (QED) is 0.802. The van der Waals surface area contributed by atoms with Gasteiger partial charge in [-0.05, 0) is 29.8 Å². The molecule has 0 amide bonds. The van der Waals surface area contributed by atoms with Crippen LogP contribution >= 0.6 is 0 Å². The topological polar surface area (TPSA) is 79.6 Å². The Kier molecular flexibility index (Phi) is 5.44. The standard InChI is InChI=1S/C17H18N2O4S/c1-19(2)24(20,21)15-6-4-5-14(9-15)12-23-16-8-7-13(11-18)10-17(16)22-3/h4-10H,12H2,1-3H3. The van der Waals surface area contributed by atoms with Crippen molar-refractivity contribution >= 4 is 10.0 Å². The van der Waals surface area contributed by atoms with Crippen LogP contribution in [0, 0.1) is 11.3 Å². The van der Waals surface area contributed by atoms with E-state index in [-0.39, 0.29) is 11.5 Å². The summed E-state index contributed by atoms with van der Waals surface area (Å²) in [6, 6.07) is 13.5. The highest BCUT2D eigenvalue weighted by Gasteiger charge is 2.17. The molecule has 6 nitrogen and oxygen atoms in total. The van der Waals surface area contributed by atoms with Gasteiger partial charge in [0.1, 0.15) is 6.61 Å². The zero-order valence-corrected chi connectivity index (χ0v) is 14.5. The molecule has 0 bridgehead atoms. The Morgan fingerprint density at radius 1 is 1.12 bits per heavy atom. The van der Waals surface area contributed by atoms with Crippen LogP contribution < -0.4 is 9.47 Å². The number of rotatable bonds is 6. The van der Waals surface area contributed by atoms with E-state index in [1.54, 1.807) is 42.5 Å². The fourth-order valence-corrected chi connectivity index (χ4v) is 3.00. The lowest BCUT2D eigenvalue weighted by atomic mass is 10.2. The van der Waals surface area contributed by atoms with E-state index in [1.165, 1.54) is 21.2 Å². The molecule has 2 aromatic carbocycles. The zero-order valence-electron chi connectivity index (χ0n) is 13.7. The maximum absolute atomic E-state index is 12.2. The molecular formula is C17H18N2O4S. The Labute approximate surface area is 141 Å². The third-order valence-corrected chi connectivity index (χ3v) is 5.18. The van der Waals surface area contributed by atoms with Crippen molar-refractivity contribution in [1.82, 2.24) is 4.31 Å². The third-order valence-electron chi connectivity index (χ3n) is 3.36. The number of ether oxygens (including phenoxy) is 2. The van der Waals surface area contributed by atoms with Gasteiger partial charge < -0.3 is 9.47 Å². The molecular weight excluding hydrogens is 328 g/mol. The zero-order chi connectivity index (χ0) is 17.7. The first kappa shape index (κ1) is 17.8. The molecule has 2 rings (SSSR count). The van der Waals surface area contributed by atoms with Crippen LogP contribution in [0.4, 0.5) is 0 Å². The van der Waals surface area contributed by atoms with Gasteiger partial charge in [-0.15, -0.1) is 0 Å². The maximum Gasteiger partial charge on any atom is 0.242 e. The number of methoxy groups -OCH3 is 1. The predicted molar refractivity (Wildman–Crippen MR) is 89.4 cm³/mol. The molecule has 0 aliphatic heterocycles. The third kappa shape index (κ3) is 3.85. The van der Waals surface area contributed by atoms with Crippen LogP contribution in [0.1, 0.15) is 11.1 Å². The van der Waals surface area contributed by atoms with E-state index in [0.717, 1.165) is 4.31 Å². The predicted octanol–water partition coefficient (Wildman–Crippen LogP) is 2.40. The van der Waals surface area contributed by atoms with Gasteiger partial charge in [-0.3, -0.25) is 0 Å². The Bertz CT molecular complexity index is 870. The fourth-order valence-electron chi connectivity index (χ4n) is 2.02. The number of sulfonamides is 1. The van der Waals surface area contributed by atoms with Crippen LogP contribution in [0.15, 0.2) is 47.4 Å². The lowest BCUT2D eigenvalue weighted by Crippen LogP contribution is -2.22. The van der Waals surface area contributed by atoms with E-state index in [2.05, 4.69) is 0 Å². The number of hydrogen-bond acceptors (Lipinski definition) is 5. The lowest BCUT2D eigenvalue weighted by molar-refractivity contribution is 0.284. The van der Waals surface area contributed by atoms with Crippen molar-refractivity contribution in [3.8, 4) is 17.6 Å². The number of nitriles is 1. The summed E-state index contributed by atoms with van der Waals surface area (Å²) < 4.78 is 36.4. The summed E-state index contributed by atoms with van der Waals surface area (Å²) in [5.74, 6) is 0.934. The van der Waals surface area contributed by atoms with Crippen molar-refractivity contribution in [2.75, 3.05) is 21.2 Å². The van der Waals surface area contributed by atoms with E-state index in [9.17, 15) is 8.42 Å². The molecule has 0 aromatic heterocycles. The molecule has 0 unspecified atom stereocenters. The van der Waals surface area contributed by atoms with Gasteiger partial charge in [0, 0.05) is 20.2 Å². The molecule has 0 radical (unpaired) electrons. The van der Waals surface area contributed by atoms with Crippen molar-refractivity contribution in [2.45, 2.75) is 11.5 Å². The molecule has 0 heterocycles. The van der Waals surface area contributed by atoms with Gasteiger partial charge in [0.05, 0.1) is 23.6 Å². The maximum atomic E-state index is 12.2. The first-order valence-electron chi connectivity index (χ1n) is 7.11. The minimum absolute atomic E-state index is 0.180. The molecule has 0 saturated carbocycles. The minimum atomic E-state index is -3.49. The second-order valence-electron chi connectivity index (χ2n) is 5.20. The van der Waals surface area contributed by atoms with Crippen LogP contribution in [-0.2, 0) is 16.6 Å². The van der Waals surface area contributed by atoms with Gasteiger partial charge in [-0.25, -0.2) is 12.7 Å². The van der Waals surface area contributed by atoms with E-state index in [4.69, 9.17) is 14.7 Å². The number of nitrogens with zero attached hydrogens (tertiary/aromatic N) is 2. The first-order valence-corrected chi connectivity index (χ1v) is 8.55. The Hall–Kier alpha value is -2.56. The van der Waals surface area contributed by atoms with Gasteiger partial charge in [-0.1, -0.05) is 12.1 Å². The molecule has 0 spiro atoms. The van der Waals surface area contributed by atoms with Crippen LogP contribution in [0.3, 0.4) is 0 Å². The van der Waals surface area contributed by atoms with Crippen molar-refractivity contribution in [1.29, 1.82) is 5.26 Å².